The summed E-state index contributed by atoms with van der Waals surface area (Å²) in [5, 5.41) is 11.2. The molecule has 1 amide bonds. The van der Waals surface area contributed by atoms with Gasteiger partial charge in [0.05, 0.1) is 5.56 Å². The van der Waals surface area contributed by atoms with Crippen molar-refractivity contribution < 1.29 is 19.4 Å². The molecular weight excluding hydrogens is 224 g/mol. The van der Waals surface area contributed by atoms with Crippen LogP contribution in [-0.2, 0) is 4.74 Å². The predicted molar refractivity (Wildman–Crippen MR) is 61.1 cm³/mol. The van der Waals surface area contributed by atoms with E-state index in [1.165, 1.54) is 18.3 Å². The van der Waals surface area contributed by atoms with Gasteiger partial charge in [-0.3, -0.25) is 5.32 Å². The predicted octanol–water partition coefficient (Wildman–Crippen LogP) is 1.82. The van der Waals surface area contributed by atoms with Crippen molar-refractivity contribution in [3.05, 3.63) is 36.0 Å². The summed E-state index contributed by atoms with van der Waals surface area (Å²) in [6.07, 6.45) is 2.02. The number of aromatic carboxylic acids is 1. The van der Waals surface area contributed by atoms with E-state index in [1.807, 2.05) is 0 Å². The van der Waals surface area contributed by atoms with Gasteiger partial charge < -0.3 is 9.84 Å². The van der Waals surface area contributed by atoms with Crippen LogP contribution in [-0.4, -0.2) is 28.8 Å². The zero-order valence-electron chi connectivity index (χ0n) is 9.27. The van der Waals surface area contributed by atoms with Crippen LogP contribution in [0.15, 0.2) is 24.9 Å². The highest BCUT2D eigenvalue weighted by Gasteiger charge is 2.13. The summed E-state index contributed by atoms with van der Waals surface area (Å²) in [5.74, 6) is -0.911. The Hall–Kier alpha value is -2.37. The van der Waals surface area contributed by atoms with Crippen molar-refractivity contribution in [3.63, 3.8) is 0 Å². The van der Waals surface area contributed by atoms with Crippen molar-refractivity contribution in [2.75, 3.05) is 11.9 Å². The molecule has 2 N–H and O–H groups in total. The molecule has 0 atom stereocenters. The van der Waals surface area contributed by atoms with E-state index in [-0.39, 0.29) is 18.0 Å². The smallest absolute Gasteiger partial charge is 0.413 e. The van der Waals surface area contributed by atoms with E-state index in [1.54, 1.807) is 6.92 Å². The van der Waals surface area contributed by atoms with Crippen LogP contribution in [0.1, 0.15) is 15.9 Å². The monoisotopic (exact) mass is 236 g/mol. The molecule has 6 nitrogen and oxygen atoms in total. The quantitative estimate of drug-likeness (QED) is 0.778. The third kappa shape index (κ3) is 3.30. The fourth-order valence-corrected chi connectivity index (χ4v) is 1.16. The van der Waals surface area contributed by atoms with Gasteiger partial charge in [-0.15, -0.1) is 0 Å². The van der Waals surface area contributed by atoms with Crippen LogP contribution in [0.5, 0.6) is 0 Å². The second kappa shape index (κ2) is 5.64. The molecule has 1 aromatic heterocycles. The van der Waals surface area contributed by atoms with Crippen LogP contribution < -0.4 is 5.32 Å². The van der Waals surface area contributed by atoms with E-state index in [0.717, 1.165) is 0 Å². The molecule has 0 fully saturated rings. The minimum Gasteiger partial charge on any atom is -0.478 e. The number of aromatic nitrogens is 1. The Morgan fingerprint density at radius 2 is 2.35 bits per heavy atom. The molecule has 0 spiro atoms. The molecular formula is C11H12N2O4. The normalized spacial score (nSPS) is 9.47. The maximum absolute atomic E-state index is 11.2. The number of carbonyl (C=O) groups excluding carboxylic acids is 1. The molecule has 1 rings (SSSR count). The van der Waals surface area contributed by atoms with Crippen molar-refractivity contribution >= 4 is 17.9 Å². The van der Waals surface area contributed by atoms with Gasteiger partial charge in [0, 0.05) is 11.8 Å². The second-order valence-electron chi connectivity index (χ2n) is 3.15. The Labute approximate surface area is 97.9 Å². The Morgan fingerprint density at radius 3 is 2.94 bits per heavy atom. The van der Waals surface area contributed by atoms with Gasteiger partial charge in [-0.05, 0) is 13.0 Å². The van der Waals surface area contributed by atoms with Crippen LogP contribution >= 0.6 is 0 Å². The molecule has 0 aliphatic rings. The molecule has 90 valence electrons. The van der Waals surface area contributed by atoms with Crippen molar-refractivity contribution in [2.24, 2.45) is 0 Å². The average molecular weight is 236 g/mol. The Morgan fingerprint density at radius 1 is 1.65 bits per heavy atom. The summed E-state index contributed by atoms with van der Waals surface area (Å²) < 4.78 is 4.69. The SMILES string of the molecule is C=CCOC(=O)Nc1nccc(C(=O)O)c1C. The molecule has 1 aromatic rings. The van der Waals surface area contributed by atoms with Crippen LogP contribution in [0.2, 0.25) is 0 Å². The van der Waals surface area contributed by atoms with Gasteiger partial charge in [-0.1, -0.05) is 12.7 Å². The van der Waals surface area contributed by atoms with Gasteiger partial charge in [0.2, 0.25) is 0 Å². The molecule has 6 heteroatoms. The lowest BCUT2D eigenvalue weighted by Crippen LogP contribution is -2.16. The minimum absolute atomic E-state index is 0.0729. The maximum atomic E-state index is 11.2. The summed E-state index contributed by atoms with van der Waals surface area (Å²) in [4.78, 5) is 26.0. The van der Waals surface area contributed by atoms with Crippen LogP contribution in [0.25, 0.3) is 0 Å². The number of carbonyl (C=O) groups is 2. The van der Waals surface area contributed by atoms with E-state index in [9.17, 15) is 9.59 Å². The highest BCUT2D eigenvalue weighted by atomic mass is 16.5. The van der Waals surface area contributed by atoms with E-state index in [2.05, 4.69) is 16.9 Å². The number of nitrogens with one attached hydrogen (secondary N) is 1. The van der Waals surface area contributed by atoms with Gasteiger partial charge in [0.15, 0.2) is 0 Å². The first-order chi connectivity index (χ1) is 8.06. The molecule has 17 heavy (non-hydrogen) atoms. The number of nitrogens with zero attached hydrogens (tertiary/aromatic N) is 1. The van der Waals surface area contributed by atoms with E-state index in [4.69, 9.17) is 9.84 Å². The number of anilines is 1. The maximum Gasteiger partial charge on any atom is 0.413 e. The fourth-order valence-electron chi connectivity index (χ4n) is 1.16. The molecule has 0 aliphatic heterocycles. The average Bonchev–Trinajstić information content (AvgIpc) is 2.28. The van der Waals surface area contributed by atoms with Crippen LogP contribution in [0.3, 0.4) is 0 Å². The number of rotatable bonds is 4. The van der Waals surface area contributed by atoms with Gasteiger partial charge in [0.1, 0.15) is 12.4 Å². The molecule has 1 heterocycles. The van der Waals surface area contributed by atoms with Crippen molar-refractivity contribution in [1.82, 2.24) is 4.98 Å². The third-order valence-corrected chi connectivity index (χ3v) is 1.99. The molecule has 0 aliphatic carbocycles. The number of amides is 1. The molecule has 0 unspecified atom stereocenters. The first-order valence-electron chi connectivity index (χ1n) is 4.79. The van der Waals surface area contributed by atoms with Crippen LogP contribution in [0.4, 0.5) is 10.6 Å². The van der Waals surface area contributed by atoms with Gasteiger partial charge in [0.25, 0.3) is 0 Å². The number of hydrogen-bond acceptors (Lipinski definition) is 4. The first-order valence-corrected chi connectivity index (χ1v) is 4.79. The molecule has 0 bridgehead atoms. The highest BCUT2D eigenvalue weighted by molar-refractivity contribution is 5.92. The zero-order valence-corrected chi connectivity index (χ0v) is 9.27. The number of ether oxygens (including phenoxy) is 1. The summed E-state index contributed by atoms with van der Waals surface area (Å²) in [6.45, 7) is 5.02. The highest BCUT2D eigenvalue weighted by Crippen LogP contribution is 2.15. The number of carboxylic acid groups (broad SMARTS) is 1. The van der Waals surface area contributed by atoms with Gasteiger partial charge in [-0.25, -0.2) is 14.6 Å². The Balaban J connectivity index is 2.85. The second-order valence-corrected chi connectivity index (χ2v) is 3.15. The minimum atomic E-state index is -1.08. The fraction of sp³-hybridized carbons (Fsp3) is 0.182. The Bertz CT molecular complexity index is 457. The summed E-state index contributed by atoms with van der Waals surface area (Å²) in [7, 11) is 0. The molecule has 0 saturated carbocycles. The first kappa shape index (κ1) is 12.7. The standard InChI is InChI=1S/C11H12N2O4/c1-3-6-17-11(16)13-9-7(2)8(10(14)15)4-5-12-9/h3-5H,1,6H2,2H3,(H,14,15)(H,12,13,16). The van der Waals surface area contributed by atoms with E-state index < -0.39 is 12.1 Å². The lowest BCUT2D eigenvalue weighted by molar-refractivity contribution is 0.0696. The third-order valence-electron chi connectivity index (χ3n) is 1.99. The Kier molecular flexibility index (Phi) is 4.21. The zero-order chi connectivity index (χ0) is 12.8. The van der Waals surface area contributed by atoms with E-state index >= 15 is 0 Å². The summed E-state index contributed by atoms with van der Waals surface area (Å²) >= 11 is 0. The number of carboxylic acids is 1. The topological polar surface area (TPSA) is 88.5 Å². The molecule has 0 radical (unpaired) electrons. The summed E-state index contributed by atoms with van der Waals surface area (Å²) in [5.41, 5.74) is 0.453. The largest absolute Gasteiger partial charge is 0.478 e. The lowest BCUT2D eigenvalue weighted by Gasteiger charge is -2.08. The van der Waals surface area contributed by atoms with E-state index in [0.29, 0.717) is 5.56 Å². The number of pyridine rings is 1. The van der Waals surface area contributed by atoms with Crippen molar-refractivity contribution in [2.45, 2.75) is 6.92 Å². The van der Waals surface area contributed by atoms with Crippen LogP contribution in [0, 0.1) is 6.92 Å². The summed E-state index contributed by atoms with van der Waals surface area (Å²) in [6, 6.07) is 1.36. The van der Waals surface area contributed by atoms with Crippen molar-refractivity contribution in [1.29, 1.82) is 0 Å². The number of hydrogen-bond donors (Lipinski definition) is 2. The molecule has 0 saturated heterocycles. The van der Waals surface area contributed by atoms with Crippen molar-refractivity contribution in [3.8, 4) is 0 Å². The lowest BCUT2D eigenvalue weighted by atomic mass is 10.1. The molecule has 0 aromatic carbocycles. The van der Waals surface area contributed by atoms with Gasteiger partial charge >= 0.3 is 12.1 Å². The van der Waals surface area contributed by atoms with Gasteiger partial charge in [-0.2, -0.15) is 0 Å².